The number of rotatable bonds is 0. The number of nitrogens with zero attached hydrogens (tertiary/aromatic N) is 1. The third-order valence-corrected chi connectivity index (χ3v) is 10.4. The summed E-state index contributed by atoms with van der Waals surface area (Å²) in [6.45, 7) is 6.04. The number of aliphatic hydroxyl groups is 1. The summed E-state index contributed by atoms with van der Waals surface area (Å²) in [6.07, 6.45) is 6.08. The Morgan fingerprint density at radius 1 is 1.08 bits per heavy atom. The molecule has 13 atom stereocenters. The summed E-state index contributed by atoms with van der Waals surface area (Å²) in [7, 11) is 0. The number of ether oxygens (including phenoxy) is 2. The first kappa shape index (κ1) is 13.1. The van der Waals surface area contributed by atoms with Crippen LogP contribution in [0.2, 0.25) is 0 Å². The lowest BCUT2D eigenvalue weighted by Crippen LogP contribution is -2.72. The second-order valence-electron chi connectivity index (χ2n) is 11.4. The Balaban J connectivity index is 1.44. The molecule has 0 aromatic heterocycles. The molecule has 1 N–H and O–H groups in total. The quantitative estimate of drug-likeness (QED) is 0.735. The lowest BCUT2D eigenvalue weighted by molar-refractivity contribution is -0.407. The van der Waals surface area contributed by atoms with Gasteiger partial charge in [0.05, 0.1) is 17.8 Å². The highest BCUT2D eigenvalue weighted by Gasteiger charge is 2.91. The van der Waals surface area contributed by atoms with Gasteiger partial charge < -0.3 is 14.6 Å². The Labute approximate surface area is 142 Å². The smallest absolute Gasteiger partial charge is 0.162 e. The predicted molar refractivity (Wildman–Crippen MR) is 85.0 cm³/mol. The fourth-order valence-corrected chi connectivity index (χ4v) is 11.1. The summed E-state index contributed by atoms with van der Waals surface area (Å²) >= 11 is 0. The fraction of sp³-hybridized carbons (Fsp3) is 1.00. The van der Waals surface area contributed by atoms with E-state index in [1.807, 2.05) is 0 Å². The van der Waals surface area contributed by atoms with Gasteiger partial charge in [-0.05, 0) is 49.4 Å². The van der Waals surface area contributed by atoms with Crippen LogP contribution >= 0.6 is 0 Å². The van der Waals surface area contributed by atoms with Gasteiger partial charge in [-0.2, -0.15) is 0 Å². The molecule has 12 unspecified atom stereocenters. The van der Waals surface area contributed by atoms with E-state index >= 15 is 0 Å². The van der Waals surface area contributed by atoms with Gasteiger partial charge in [0.1, 0.15) is 0 Å². The van der Waals surface area contributed by atoms with E-state index in [1.54, 1.807) is 0 Å². The van der Waals surface area contributed by atoms with Crippen molar-refractivity contribution in [2.24, 2.45) is 34.0 Å². The van der Waals surface area contributed by atoms with Crippen LogP contribution in [0.25, 0.3) is 0 Å². The van der Waals surface area contributed by atoms with Gasteiger partial charge in [-0.25, -0.2) is 0 Å². The molecule has 0 aromatic rings. The van der Waals surface area contributed by atoms with E-state index in [1.165, 1.54) is 19.4 Å². The van der Waals surface area contributed by atoms with E-state index in [0.29, 0.717) is 34.8 Å². The molecule has 4 aliphatic carbocycles. The van der Waals surface area contributed by atoms with Crippen LogP contribution in [0.5, 0.6) is 0 Å². The van der Waals surface area contributed by atoms with Crippen molar-refractivity contribution in [2.45, 2.75) is 82.1 Å². The molecular formula is C20H27NO3. The highest BCUT2D eigenvalue weighted by Crippen LogP contribution is 2.87. The summed E-state index contributed by atoms with van der Waals surface area (Å²) in [4.78, 5) is 2.92. The summed E-state index contributed by atoms with van der Waals surface area (Å²) in [5, 5.41) is 10.9. The Bertz CT molecular complexity index is 713. The minimum absolute atomic E-state index is 0.0137. The first-order chi connectivity index (χ1) is 11.4. The first-order valence-electron chi connectivity index (χ1n) is 10.2. The number of piperidine rings is 2. The molecule has 4 heteroatoms. The third kappa shape index (κ3) is 0.952. The van der Waals surface area contributed by atoms with Crippen LogP contribution in [0.15, 0.2) is 0 Å². The van der Waals surface area contributed by atoms with E-state index < -0.39 is 0 Å². The van der Waals surface area contributed by atoms with Gasteiger partial charge in [0.2, 0.25) is 0 Å². The summed E-state index contributed by atoms with van der Waals surface area (Å²) in [6, 6.07) is 1.47. The van der Waals surface area contributed by atoms with Gasteiger partial charge in [0, 0.05) is 42.3 Å². The van der Waals surface area contributed by atoms with Crippen LogP contribution in [0.1, 0.15) is 46.0 Å². The molecule has 0 amide bonds. The van der Waals surface area contributed by atoms with Crippen molar-refractivity contribution >= 4 is 0 Å². The second kappa shape index (κ2) is 3.15. The normalized spacial score (nSPS) is 80.9. The van der Waals surface area contributed by atoms with E-state index in [9.17, 15) is 5.11 Å². The van der Waals surface area contributed by atoms with Crippen molar-refractivity contribution in [1.29, 1.82) is 0 Å². The van der Waals surface area contributed by atoms with Gasteiger partial charge in [0.15, 0.2) is 6.29 Å². The molecule has 4 nitrogen and oxygen atoms in total. The maximum atomic E-state index is 10.9. The van der Waals surface area contributed by atoms with Gasteiger partial charge in [0.25, 0.3) is 0 Å². The standard InChI is InChI=1S/C20H27NO3/c1-17-3-9(22)4-20-13(17)10-5-19-7-18(2)6-11(23-16(24-18)14(19)20)12(19)15(20)21(10)8-17/h9-16,22H,3-8H2,1-2H3/t9?,10?,11?,12?,13?,14?,15?,16?,17-,18?,19?,20?/m1/s1. The van der Waals surface area contributed by atoms with E-state index in [4.69, 9.17) is 9.47 Å². The molecule has 6 heterocycles. The van der Waals surface area contributed by atoms with Crippen molar-refractivity contribution in [3.05, 3.63) is 0 Å². The van der Waals surface area contributed by atoms with Crippen molar-refractivity contribution in [3.8, 4) is 0 Å². The summed E-state index contributed by atoms with van der Waals surface area (Å²) < 4.78 is 13.1. The molecule has 0 radical (unpaired) electrons. The minimum Gasteiger partial charge on any atom is -0.393 e. The van der Waals surface area contributed by atoms with Crippen LogP contribution in [0.4, 0.5) is 0 Å². The Morgan fingerprint density at radius 3 is 2.83 bits per heavy atom. The van der Waals surface area contributed by atoms with Crippen molar-refractivity contribution in [2.75, 3.05) is 6.54 Å². The molecule has 130 valence electrons. The average Bonchev–Trinajstić information content (AvgIpc) is 2.86. The second-order valence-corrected chi connectivity index (χ2v) is 11.4. The van der Waals surface area contributed by atoms with Crippen molar-refractivity contribution < 1.29 is 14.6 Å². The van der Waals surface area contributed by atoms with Gasteiger partial charge in [-0.3, -0.25) is 4.90 Å². The molecule has 24 heavy (non-hydrogen) atoms. The molecule has 10 fully saturated rings. The summed E-state index contributed by atoms with van der Waals surface area (Å²) in [5.74, 6) is 2.04. The molecule has 0 aromatic carbocycles. The van der Waals surface area contributed by atoms with Gasteiger partial charge in [-0.15, -0.1) is 0 Å². The first-order valence-corrected chi connectivity index (χ1v) is 10.2. The monoisotopic (exact) mass is 329 g/mol. The van der Waals surface area contributed by atoms with Gasteiger partial charge in [-0.1, -0.05) is 6.92 Å². The van der Waals surface area contributed by atoms with Crippen LogP contribution in [-0.2, 0) is 9.47 Å². The van der Waals surface area contributed by atoms with E-state index in [0.717, 1.165) is 31.2 Å². The summed E-state index contributed by atoms with van der Waals surface area (Å²) in [5.41, 5.74) is 1.12. The SMILES string of the molecule is CC12CC3OC(O1)C1C4(CC5C6C17CC(O)C[C@]6(C)CN5C7C34)C2. The Hall–Kier alpha value is -0.160. The molecule has 10 aliphatic rings. The van der Waals surface area contributed by atoms with Crippen LogP contribution < -0.4 is 0 Å². The molecule has 4 saturated carbocycles. The molecule has 6 saturated heterocycles. The van der Waals surface area contributed by atoms with Crippen LogP contribution in [-0.4, -0.2) is 52.7 Å². The van der Waals surface area contributed by atoms with E-state index in [2.05, 4.69) is 18.7 Å². The Kier molecular flexibility index (Phi) is 1.71. The minimum atomic E-state index is -0.115. The lowest BCUT2D eigenvalue weighted by atomic mass is 9.42. The zero-order valence-electron chi connectivity index (χ0n) is 14.6. The van der Waals surface area contributed by atoms with Crippen molar-refractivity contribution in [3.63, 3.8) is 0 Å². The molecule has 10 rings (SSSR count). The third-order valence-electron chi connectivity index (χ3n) is 10.4. The van der Waals surface area contributed by atoms with Crippen LogP contribution in [0, 0.1) is 34.0 Å². The largest absolute Gasteiger partial charge is 0.393 e. The molecule has 11 bridgehead atoms. The van der Waals surface area contributed by atoms with Crippen LogP contribution in [0.3, 0.4) is 0 Å². The highest BCUT2D eigenvalue weighted by molar-refractivity contribution is 5.39. The Morgan fingerprint density at radius 2 is 1.96 bits per heavy atom. The maximum absolute atomic E-state index is 10.9. The molecule has 6 aliphatic heterocycles. The highest BCUT2D eigenvalue weighted by atomic mass is 16.7. The zero-order valence-corrected chi connectivity index (χ0v) is 14.6. The predicted octanol–water partition coefficient (Wildman–Crippen LogP) is 1.76. The molecular weight excluding hydrogens is 302 g/mol. The number of aliphatic hydroxyl groups excluding tert-OH is 1. The van der Waals surface area contributed by atoms with Crippen molar-refractivity contribution in [1.82, 2.24) is 4.90 Å². The maximum Gasteiger partial charge on any atom is 0.162 e. The zero-order chi connectivity index (χ0) is 15.9. The van der Waals surface area contributed by atoms with E-state index in [-0.39, 0.29) is 23.4 Å². The number of hydrogen-bond donors (Lipinski definition) is 1. The average molecular weight is 329 g/mol. The van der Waals surface area contributed by atoms with Gasteiger partial charge >= 0.3 is 0 Å². The molecule has 2 spiro atoms. The lowest BCUT2D eigenvalue weighted by Gasteiger charge is -2.69. The fourth-order valence-electron chi connectivity index (χ4n) is 11.1. The topological polar surface area (TPSA) is 41.9 Å². The number of hydrogen-bond acceptors (Lipinski definition) is 4.